The summed E-state index contributed by atoms with van der Waals surface area (Å²) in [6, 6.07) is 5.98. The van der Waals surface area contributed by atoms with Crippen molar-refractivity contribution in [2.45, 2.75) is 95.9 Å². The SMILES string of the molecule is CCOC(=O)C1=C(C=O)/C2=C3\C[C@@H](CO)C(=O)[C@H](C3)c3cc4cc[nH]c4cc3CC[C@@H](CO)COc3c4c(c(CO)c(c32)O1)O[C@H]([C@@](C)(O)C1CCCC1)C4. The van der Waals surface area contributed by atoms with Gasteiger partial charge in [0, 0.05) is 53.6 Å². The molecule has 12 heteroatoms. The van der Waals surface area contributed by atoms with Crippen molar-refractivity contribution in [3.8, 4) is 17.2 Å². The average Bonchev–Trinajstić information content (AvgIpc) is 3.99. The summed E-state index contributed by atoms with van der Waals surface area (Å²) in [6.45, 7) is 2.29. The van der Waals surface area contributed by atoms with Crippen LogP contribution in [0.4, 0.5) is 0 Å². The molecule has 0 spiro atoms. The van der Waals surface area contributed by atoms with E-state index in [0.717, 1.165) is 47.7 Å². The number of benzene rings is 2. The number of hydrogen-bond donors (Lipinski definition) is 5. The number of carbonyl (C=O) groups excluding carboxylic acids is 3. The Morgan fingerprint density at radius 3 is 2.56 bits per heavy atom. The minimum absolute atomic E-state index is 0.000835. The summed E-state index contributed by atoms with van der Waals surface area (Å²) in [4.78, 5) is 44.6. The fourth-order valence-corrected chi connectivity index (χ4v) is 9.69. The Morgan fingerprint density at radius 1 is 1.05 bits per heavy atom. The number of aromatic amines is 1. The van der Waals surface area contributed by atoms with Crippen molar-refractivity contribution in [2.75, 3.05) is 26.4 Å². The minimum Gasteiger partial charge on any atom is -0.492 e. The first-order chi connectivity index (χ1) is 26.6. The van der Waals surface area contributed by atoms with E-state index in [-0.39, 0.29) is 85.1 Å². The number of rotatable bonds is 8. The van der Waals surface area contributed by atoms with Crippen molar-refractivity contribution in [1.82, 2.24) is 4.98 Å². The molecule has 2 aliphatic carbocycles. The molecule has 1 aromatic heterocycles. The number of esters is 1. The lowest BCUT2D eigenvalue weighted by Gasteiger charge is -2.35. The first-order valence-corrected chi connectivity index (χ1v) is 19.6. The van der Waals surface area contributed by atoms with Crippen LogP contribution in [0.25, 0.3) is 16.5 Å². The van der Waals surface area contributed by atoms with Gasteiger partial charge in [-0.15, -0.1) is 0 Å². The van der Waals surface area contributed by atoms with Gasteiger partial charge in [0.05, 0.1) is 43.1 Å². The monoisotopic (exact) mass is 755 g/mol. The van der Waals surface area contributed by atoms with Gasteiger partial charge >= 0.3 is 5.97 Å². The number of aromatic nitrogens is 1. The topological polar surface area (TPSA) is 185 Å². The predicted octanol–water partition coefficient (Wildman–Crippen LogP) is 4.76. The first-order valence-electron chi connectivity index (χ1n) is 19.6. The fraction of sp³-hybridized carbons (Fsp3) is 0.512. The number of hydrogen-bond acceptors (Lipinski definition) is 11. The number of allylic oxidation sites excluding steroid dienone is 3. The standard InChI is InChI=1S/C43H49NO11/c1-3-52-42(50)41-31(19-47)35-25-12-26(18-46)37(49)29(14-25)28-13-24-10-11-44-33(24)15-23(28)9-8-22(17-45)21-53-39-30-16-34(43(2,51)27-6-4-5-7-27)54-38(30)32(20-48)40(55-41)36(35)39/h10-11,13,15,19,22,26-27,29,34,44-46,48,51H,3-9,12,14,16-18,20-21H2,1-2H3/b35-25-/t22-,26-,29+,34-,43-/m0/s1. The molecule has 2 saturated carbocycles. The van der Waals surface area contributed by atoms with Gasteiger partial charge in [0.1, 0.15) is 34.7 Å². The van der Waals surface area contributed by atoms with Crippen LogP contribution in [0.5, 0.6) is 17.2 Å². The molecule has 0 amide bonds. The zero-order valence-corrected chi connectivity index (χ0v) is 31.3. The number of aldehydes is 1. The van der Waals surface area contributed by atoms with Crippen LogP contribution < -0.4 is 14.2 Å². The molecule has 2 fully saturated rings. The van der Waals surface area contributed by atoms with Crippen molar-refractivity contribution >= 4 is 34.5 Å². The lowest BCUT2D eigenvalue weighted by Crippen LogP contribution is -2.47. The van der Waals surface area contributed by atoms with Crippen molar-refractivity contribution in [3.05, 3.63) is 69.1 Å². The summed E-state index contributed by atoms with van der Waals surface area (Å²) in [6.07, 6.45) is 6.94. The van der Waals surface area contributed by atoms with E-state index < -0.39 is 42.7 Å². The van der Waals surface area contributed by atoms with Gasteiger partial charge < -0.3 is 44.4 Å². The number of fused-ring (bicyclic) bond motifs is 7. The zero-order valence-electron chi connectivity index (χ0n) is 31.3. The molecule has 5 aliphatic rings. The molecule has 0 saturated heterocycles. The van der Waals surface area contributed by atoms with E-state index in [4.69, 9.17) is 18.9 Å². The summed E-state index contributed by atoms with van der Waals surface area (Å²) in [5.74, 6) is -2.64. The highest BCUT2D eigenvalue weighted by Gasteiger charge is 2.49. The maximum atomic E-state index is 14.3. The summed E-state index contributed by atoms with van der Waals surface area (Å²) < 4.78 is 25.1. The second kappa shape index (κ2) is 14.9. The predicted molar refractivity (Wildman–Crippen MR) is 201 cm³/mol. The largest absolute Gasteiger partial charge is 0.492 e. The number of H-pyrrole nitrogens is 1. The summed E-state index contributed by atoms with van der Waals surface area (Å²) in [5, 5.41) is 45.4. The number of carbonyl (C=O) groups is 3. The second-order valence-electron chi connectivity index (χ2n) is 15.9. The molecule has 2 aromatic carbocycles. The van der Waals surface area contributed by atoms with Crippen molar-refractivity contribution < 1.29 is 53.8 Å². The number of ketones is 1. The third-order valence-electron chi connectivity index (χ3n) is 12.7. The third-order valence-corrected chi connectivity index (χ3v) is 12.7. The lowest BCUT2D eigenvalue weighted by molar-refractivity contribution is -0.141. The molecule has 3 aliphatic heterocycles. The molecule has 3 aromatic rings. The highest BCUT2D eigenvalue weighted by atomic mass is 16.6. The Kier molecular flexibility index (Phi) is 10.1. The maximum absolute atomic E-state index is 14.3. The Hall–Kier alpha value is -4.49. The van der Waals surface area contributed by atoms with Gasteiger partial charge in [0.2, 0.25) is 5.76 Å². The number of Topliss-reactive ketones (excluding diaryl/α,β-unsaturated/α-hetero) is 1. The van der Waals surface area contributed by atoms with Crippen LogP contribution in [0.15, 0.2) is 41.3 Å². The number of aryl methyl sites for hydroxylation is 1. The number of aliphatic hydroxyl groups is 4. The summed E-state index contributed by atoms with van der Waals surface area (Å²) in [5.41, 5.74) is 3.38. The quantitative estimate of drug-likeness (QED) is 0.158. The molecule has 5 atom stereocenters. The number of nitrogens with one attached hydrogen (secondary N) is 1. The van der Waals surface area contributed by atoms with Crippen LogP contribution in [-0.4, -0.2) is 81.6 Å². The first kappa shape index (κ1) is 37.4. The van der Waals surface area contributed by atoms with Gasteiger partial charge in [0.15, 0.2) is 6.29 Å². The van der Waals surface area contributed by atoms with E-state index >= 15 is 0 Å². The van der Waals surface area contributed by atoms with E-state index in [0.29, 0.717) is 47.2 Å². The molecular weight excluding hydrogens is 706 g/mol. The minimum atomic E-state index is -1.22. The molecule has 12 nitrogen and oxygen atoms in total. The Bertz CT molecular complexity index is 2100. The highest BCUT2D eigenvalue weighted by Crippen LogP contribution is 2.57. The van der Waals surface area contributed by atoms with Crippen molar-refractivity contribution in [3.63, 3.8) is 0 Å². The Labute approximate surface area is 319 Å². The van der Waals surface area contributed by atoms with Gasteiger partial charge in [-0.2, -0.15) is 0 Å². The normalized spacial score (nSPS) is 26.3. The van der Waals surface area contributed by atoms with Gasteiger partial charge in [-0.1, -0.05) is 18.4 Å². The Balaban J connectivity index is 1.41. The van der Waals surface area contributed by atoms with Gasteiger partial charge in [-0.3, -0.25) is 9.59 Å². The van der Waals surface area contributed by atoms with Crippen molar-refractivity contribution in [1.29, 1.82) is 0 Å². The van der Waals surface area contributed by atoms with E-state index in [1.807, 2.05) is 24.4 Å². The lowest BCUT2D eigenvalue weighted by atomic mass is 9.70. The molecule has 8 rings (SSSR count). The molecule has 4 heterocycles. The summed E-state index contributed by atoms with van der Waals surface area (Å²) in [7, 11) is 0. The van der Waals surface area contributed by atoms with Crippen LogP contribution in [0.1, 0.15) is 92.5 Å². The van der Waals surface area contributed by atoms with Gasteiger partial charge in [0.25, 0.3) is 0 Å². The molecular formula is C43H49NO11. The molecule has 0 radical (unpaired) electrons. The number of ether oxygens (including phenoxy) is 4. The van der Waals surface area contributed by atoms with E-state index in [1.165, 1.54) is 0 Å². The Morgan fingerprint density at radius 2 is 1.85 bits per heavy atom. The second-order valence-corrected chi connectivity index (χ2v) is 15.9. The average molecular weight is 756 g/mol. The van der Waals surface area contributed by atoms with E-state index in [2.05, 4.69) is 4.98 Å². The van der Waals surface area contributed by atoms with Crippen LogP contribution in [-0.2, 0) is 38.6 Å². The molecule has 2 bridgehead atoms. The van der Waals surface area contributed by atoms with E-state index in [9.17, 15) is 34.8 Å². The fourth-order valence-electron chi connectivity index (χ4n) is 9.69. The highest BCUT2D eigenvalue weighted by molar-refractivity contribution is 6.11. The van der Waals surface area contributed by atoms with Crippen molar-refractivity contribution in [2.24, 2.45) is 17.8 Å². The number of aliphatic hydroxyl groups excluding tert-OH is 3. The molecule has 0 unspecified atom stereocenters. The maximum Gasteiger partial charge on any atom is 0.375 e. The molecule has 5 N–H and O–H groups in total. The zero-order chi connectivity index (χ0) is 38.6. The van der Waals surface area contributed by atoms with Crippen LogP contribution in [0, 0.1) is 17.8 Å². The smallest absolute Gasteiger partial charge is 0.375 e. The van der Waals surface area contributed by atoms with Crippen LogP contribution in [0.2, 0.25) is 0 Å². The van der Waals surface area contributed by atoms with Crippen LogP contribution >= 0.6 is 0 Å². The van der Waals surface area contributed by atoms with Crippen LogP contribution in [0.3, 0.4) is 0 Å². The van der Waals surface area contributed by atoms with E-state index in [1.54, 1.807) is 13.8 Å². The molecule has 292 valence electrons. The van der Waals surface area contributed by atoms with Gasteiger partial charge in [-0.05, 0) is 93.0 Å². The third kappa shape index (κ3) is 6.27. The molecule has 55 heavy (non-hydrogen) atoms. The summed E-state index contributed by atoms with van der Waals surface area (Å²) >= 11 is 0. The van der Waals surface area contributed by atoms with Gasteiger partial charge in [-0.25, -0.2) is 4.79 Å².